The lowest BCUT2D eigenvalue weighted by molar-refractivity contribution is 0.0621. The molecule has 2 aromatic carbocycles. The van der Waals surface area contributed by atoms with Gasteiger partial charge in [0.25, 0.3) is 0 Å². The van der Waals surface area contributed by atoms with Crippen molar-refractivity contribution in [2.75, 3.05) is 6.73 Å². The van der Waals surface area contributed by atoms with Gasteiger partial charge in [-0.1, -0.05) is 60.7 Å². The van der Waals surface area contributed by atoms with E-state index in [2.05, 4.69) is 53.4 Å². The van der Waals surface area contributed by atoms with E-state index in [4.69, 9.17) is 0 Å². The number of benzene rings is 2. The highest BCUT2D eigenvalue weighted by Crippen LogP contribution is 2.43. The summed E-state index contributed by atoms with van der Waals surface area (Å²) in [6.07, 6.45) is 2.20. The summed E-state index contributed by atoms with van der Waals surface area (Å²) in [5.74, 6) is 0. The molecule has 1 aliphatic rings. The molecule has 2 atom stereocenters. The van der Waals surface area contributed by atoms with Crippen molar-refractivity contribution in [1.29, 1.82) is 0 Å². The molecule has 19 heavy (non-hydrogen) atoms. The quantitative estimate of drug-likeness (QED) is 0.904. The topological polar surface area (TPSA) is 23.5 Å². The first kappa shape index (κ1) is 12.4. The lowest BCUT2D eigenvalue weighted by atomic mass is 10.0. The van der Waals surface area contributed by atoms with E-state index in [0.29, 0.717) is 12.1 Å². The van der Waals surface area contributed by atoms with E-state index in [0.717, 1.165) is 12.8 Å². The van der Waals surface area contributed by atoms with E-state index in [1.807, 2.05) is 12.1 Å². The number of aliphatic hydroxyl groups is 1. The molecule has 3 rings (SSSR count). The van der Waals surface area contributed by atoms with Crippen LogP contribution < -0.4 is 0 Å². The van der Waals surface area contributed by atoms with Crippen molar-refractivity contribution in [3.8, 4) is 0 Å². The second kappa shape index (κ2) is 5.55. The largest absolute Gasteiger partial charge is 0.381 e. The minimum absolute atomic E-state index is 0.110. The summed E-state index contributed by atoms with van der Waals surface area (Å²) < 4.78 is 0. The van der Waals surface area contributed by atoms with Gasteiger partial charge in [-0.15, -0.1) is 0 Å². The van der Waals surface area contributed by atoms with Crippen molar-refractivity contribution in [3.05, 3.63) is 71.8 Å². The molecule has 1 heterocycles. The minimum atomic E-state index is 0.110. The van der Waals surface area contributed by atoms with Crippen LogP contribution in [-0.4, -0.2) is 16.7 Å². The monoisotopic (exact) mass is 253 g/mol. The lowest BCUT2D eigenvalue weighted by Gasteiger charge is -2.28. The zero-order chi connectivity index (χ0) is 13.1. The third-order valence-electron chi connectivity index (χ3n) is 4.05. The Morgan fingerprint density at radius 3 is 1.58 bits per heavy atom. The van der Waals surface area contributed by atoms with Crippen molar-refractivity contribution < 1.29 is 5.11 Å². The number of hydrogen-bond donors (Lipinski definition) is 1. The average Bonchev–Trinajstić information content (AvgIpc) is 2.93. The maximum atomic E-state index is 9.76. The van der Waals surface area contributed by atoms with Gasteiger partial charge in [0.05, 0.1) is 6.73 Å². The van der Waals surface area contributed by atoms with Gasteiger partial charge >= 0.3 is 0 Å². The van der Waals surface area contributed by atoms with Crippen LogP contribution in [0.15, 0.2) is 60.7 Å². The molecule has 0 aliphatic carbocycles. The molecule has 2 heteroatoms. The first-order valence-corrected chi connectivity index (χ1v) is 6.86. The fraction of sp³-hybridized carbons (Fsp3) is 0.294. The molecule has 1 fully saturated rings. The van der Waals surface area contributed by atoms with Crippen molar-refractivity contribution in [1.82, 2.24) is 4.90 Å². The zero-order valence-corrected chi connectivity index (χ0v) is 10.9. The number of aliphatic hydroxyl groups excluding tert-OH is 1. The van der Waals surface area contributed by atoms with Crippen LogP contribution in [0.3, 0.4) is 0 Å². The van der Waals surface area contributed by atoms with Gasteiger partial charge in [0.15, 0.2) is 0 Å². The smallest absolute Gasteiger partial charge is 0.0966 e. The normalized spacial score (nSPS) is 23.6. The SMILES string of the molecule is OCN1C(c2ccccc2)CCC1c1ccccc1. The number of rotatable bonds is 3. The van der Waals surface area contributed by atoms with Crippen molar-refractivity contribution in [2.45, 2.75) is 24.9 Å². The number of likely N-dealkylation sites (tertiary alicyclic amines) is 1. The molecule has 0 saturated carbocycles. The molecule has 1 N–H and O–H groups in total. The molecule has 98 valence electrons. The Kier molecular flexibility index (Phi) is 3.62. The Balaban J connectivity index is 1.87. The Bertz CT molecular complexity index is 464. The van der Waals surface area contributed by atoms with Gasteiger partial charge in [-0.05, 0) is 24.0 Å². The van der Waals surface area contributed by atoms with Crippen LogP contribution in [0.5, 0.6) is 0 Å². The van der Waals surface area contributed by atoms with Crippen LogP contribution in [0.2, 0.25) is 0 Å². The number of hydrogen-bond acceptors (Lipinski definition) is 2. The predicted octanol–water partition coefficient (Wildman–Crippen LogP) is 3.51. The maximum absolute atomic E-state index is 9.76. The van der Waals surface area contributed by atoms with Crippen molar-refractivity contribution in [2.24, 2.45) is 0 Å². The summed E-state index contributed by atoms with van der Waals surface area (Å²) in [4.78, 5) is 2.20. The molecular formula is C17H19NO. The molecule has 2 nitrogen and oxygen atoms in total. The summed E-state index contributed by atoms with van der Waals surface area (Å²) in [5.41, 5.74) is 2.60. The van der Waals surface area contributed by atoms with Crippen molar-refractivity contribution in [3.63, 3.8) is 0 Å². The summed E-state index contributed by atoms with van der Waals surface area (Å²) >= 11 is 0. The Labute approximate surface area is 114 Å². The van der Waals surface area contributed by atoms with Gasteiger partial charge in [-0.25, -0.2) is 0 Å². The first-order chi connectivity index (χ1) is 9.40. The van der Waals surface area contributed by atoms with E-state index in [-0.39, 0.29) is 6.73 Å². The molecule has 0 aromatic heterocycles. The van der Waals surface area contributed by atoms with Crippen LogP contribution >= 0.6 is 0 Å². The summed E-state index contributed by atoms with van der Waals surface area (Å²) in [6, 6.07) is 21.6. The molecular weight excluding hydrogens is 234 g/mol. The molecule has 2 aromatic rings. The van der Waals surface area contributed by atoms with E-state index in [9.17, 15) is 5.11 Å². The first-order valence-electron chi connectivity index (χ1n) is 6.86. The Morgan fingerprint density at radius 2 is 1.21 bits per heavy atom. The van der Waals surface area contributed by atoms with Crippen LogP contribution in [0.25, 0.3) is 0 Å². The van der Waals surface area contributed by atoms with Gasteiger partial charge < -0.3 is 5.11 Å². The number of nitrogens with zero attached hydrogens (tertiary/aromatic N) is 1. The summed E-state index contributed by atoms with van der Waals surface area (Å²) in [5, 5.41) is 9.76. The highest BCUT2D eigenvalue weighted by atomic mass is 16.3. The minimum Gasteiger partial charge on any atom is -0.381 e. The van der Waals surface area contributed by atoms with Gasteiger partial charge in [0, 0.05) is 12.1 Å². The lowest BCUT2D eigenvalue weighted by Crippen LogP contribution is -2.27. The molecule has 2 unspecified atom stereocenters. The molecule has 1 aliphatic heterocycles. The van der Waals surface area contributed by atoms with Gasteiger partial charge in [-0.3, -0.25) is 4.90 Å². The molecule has 1 saturated heterocycles. The fourth-order valence-corrected chi connectivity index (χ4v) is 3.13. The second-order valence-electron chi connectivity index (χ2n) is 5.09. The molecule has 0 amide bonds. The zero-order valence-electron chi connectivity index (χ0n) is 10.9. The van der Waals surface area contributed by atoms with Gasteiger partial charge in [-0.2, -0.15) is 0 Å². The highest BCUT2D eigenvalue weighted by molar-refractivity contribution is 5.25. The highest BCUT2D eigenvalue weighted by Gasteiger charge is 2.34. The van der Waals surface area contributed by atoms with E-state index in [1.54, 1.807) is 0 Å². The van der Waals surface area contributed by atoms with Gasteiger partial charge in [0.2, 0.25) is 0 Å². The third-order valence-corrected chi connectivity index (χ3v) is 4.05. The summed E-state index contributed by atoms with van der Waals surface area (Å²) in [7, 11) is 0. The van der Waals surface area contributed by atoms with E-state index < -0.39 is 0 Å². The maximum Gasteiger partial charge on any atom is 0.0966 e. The average molecular weight is 253 g/mol. The standard InChI is InChI=1S/C17H19NO/c19-13-18-16(14-7-3-1-4-8-14)11-12-17(18)15-9-5-2-6-10-15/h1-10,16-17,19H,11-13H2. The Hall–Kier alpha value is -1.64. The Morgan fingerprint density at radius 1 is 0.789 bits per heavy atom. The van der Waals surface area contributed by atoms with E-state index >= 15 is 0 Å². The van der Waals surface area contributed by atoms with Crippen LogP contribution in [0, 0.1) is 0 Å². The van der Waals surface area contributed by atoms with E-state index in [1.165, 1.54) is 11.1 Å². The van der Waals surface area contributed by atoms with Crippen molar-refractivity contribution >= 4 is 0 Å². The van der Waals surface area contributed by atoms with Crippen LogP contribution in [0.4, 0.5) is 0 Å². The predicted molar refractivity (Wildman–Crippen MR) is 76.5 cm³/mol. The van der Waals surface area contributed by atoms with Crippen LogP contribution in [-0.2, 0) is 0 Å². The summed E-state index contributed by atoms with van der Waals surface area (Å²) in [6.45, 7) is 0.110. The molecule has 0 bridgehead atoms. The fourth-order valence-electron chi connectivity index (χ4n) is 3.13. The van der Waals surface area contributed by atoms with Gasteiger partial charge in [0.1, 0.15) is 0 Å². The molecule has 0 radical (unpaired) electrons. The second-order valence-corrected chi connectivity index (χ2v) is 5.09. The third kappa shape index (κ3) is 2.42. The van der Waals surface area contributed by atoms with Crippen LogP contribution in [0.1, 0.15) is 36.1 Å². The molecule has 0 spiro atoms.